The van der Waals surface area contributed by atoms with Crippen LogP contribution in [0.1, 0.15) is 16.7 Å². The number of pyridine rings is 1. The first-order valence-electron chi connectivity index (χ1n) is 8.16. The molecule has 0 amide bonds. The standard InChI is InChI=1S/C22H19NO/c1-14-11-15(2)22(16(3)12-14)21-13-19-20(24-21)10-9-18(23-19)17-7-5-4-6-8-17/h4-13H,1-3H3. The van der Waals surface area contributed by atoms with Crippen molar-refractivity contribution in [3.8, 4) is 22.6 Å². The maximum Gasteiger partial charge on any atom is 0.153 e. The number of nitrogens with zero attached hydrogens (tertiary/aromatic N) is 1. The number of benzene rings is 2. The summed E-state index contributed by atoms with van der Waals surface area (Å²) < 4.78 is 6.08. The molecule has 0 aliphatic carbocycles. The second-order valence-corrected chi connectivity index (χ2v) is 6.33. The minimum Gasteiger partial charge on any atom is -0.454 e. The lowest BCUT2D eigenvalue weighted by Crippen LogP contribution is -1.88. The fourth-order valence-corrected chi connectivity index (χ4v) is 3.39. The van der Waals surface area contributed by atoms with Crippen LogP contribution in [0.4, 0.5) is 0 Å². The molecule has 0 unspecified atom stereocenters. The number of hydrogen-bond acceptors (Lipinski definition) is 2. The Kier molecular flexibility index (Phi) is 3.46. The SMILES string of the molecule is Cc1cc(C)c(-c2cc3nc(-c4ccccc4)ccc3o2)c(C)c1. The summed E-state index contributed by atoms with van der Waals surface area (Å²) in [5.74, 6) is 0.887. The smallest absolute Gasteiger partial charge is 0.153 e. The van der Waals surface area contributed by atoms with Crippen molar-refractivity contribution in [1.82, 2.24) is 4.98 Å². The van der Waals surface area contributed by atoms with Crippen molar-refractivity contribution in [2.45, 2.75) is 20.8 Å². The molecule has 0 saturated heterocycles. The Morgan fingerprint density at radius 3 is 2.21 bits per heavy atom. The number of hydrogen-bond donors (Lipinski definition) is 0. The van der Waals surface area contributed by atoms with Crippen molar-refractivity contribution in [2.24, 2.45) is 0 Å². The molecule has 0 fully saturated rings. The van der Waals surface area contributed by atoms with Gasteiger partial charge in [-0.2, -0.15) is 0 Å². The van der Waals surface area contributed by atoms with Crippen molar-refractivity contribution in [3.63, 3.8) is 0 Å². The number of fused-ring (bicyclic) bond motifs is 1. The summed E-state index contributed by atoms with van der Waals surface area (Å²) in [5, 5.41) is 0. The van der Waals surface area contributed by atoms with Gasteiger partial charge in [0.1, 0.15) is 11.3 Å². The van der Waals surface area contributed by atoms with E-state index in [-0.39, 0.29) is 0 Å². The van der Waals surface area contributed by atoms with E-state index in [1.54, 1.807) is 0 Å². The summed E-state index contributed by atoms with van der Waals surface area (Å²) in [6.07, 6.45) is 0. The van der Waals surface area contributed by atoms with Crippen LogP contribution in [0.3, 0.4) is 0 Å². The van der Waals surface area contributed by atoms with Crippen molar-refractivity contribution in [2.75, 3.05) is 0 Å². The molecular formula is C22H19NO. The molecule has 0 saturated carbocycles. The van der Waals surface area contributed by atoms with E-state index in [1.165, 1.54) is 22.3 Å². The Balaban J connectivity index is 1.85. The van der Waals surface area contributed by atoms with Crippen LogP contribution in [0.5, 0.6) is 0 Å². The molecule has 0 aliphatic heterocycles. The summed E-state index contributed by atoms with van der Waals surface area (Å²) >= 11 is 0. The Morgan fingerprint density at radius 2 is 1.50 bits per heavy atom. The molecule has 4 aromatic rings. The molecule has 0 N–H and O–H groups in total. The first-order chi connectivity index (χ1) is 11.6. The van der Waals surface area contributed by atoms with E-state index < -0.39 is 0 Å². The van der Waals surface area contributed by atoms with Crippen molar-refractivity contribution in [1.29, 1.82) is 0 Å². The number of furan rings is 1. The maximum absolute atomic E-state index is 6.08. The molecular weight excluding hydrogens is 294 g/mol. The topological polar surface area (TPSA) is 26.0 Å². The Bertz CT molecular complexity index is 1010. The van der Waals surface area contributed by atoms with Crippen LogP contribution >= 0.6 is 0 Å². The first kappa shape index (κ1) is 14.7. The highest BCUT2D eigenvalue weighted by Gasteiger charge is 2.13. The first-order valence-corrected chi connectivity index (χ1v) is 8.16. The predicted octanol–water partition coefficient (Wildman–Crippen LogP) is 6.09. The van der Waals surface area contributed by atoms with Crippen LogP contribution in [0, 0.1) is 20.8 Å². The third-order valence-corrected chi connectivity index (χ3v) is 4.37. The summed E-state index contributed by atoms with van der Waals surface area (Å²) in [5.41, 5.74) is 8.70. The van der Waals surface area contributed by atoms with Gasteiger partial charge in [-0.3, -0.25) is 0 Å². The molecule has 0 spiro atoms. The largest absolute Gasteiger partial charge is 0.454 e. The molecule has 0 atom stereocenters. The third-order valence-electron chi connectivity index (χ3n) is 4.37. The highest BCUT2D eigenvalue weighted by atomic mass is 16.3. The van der Waals surface area contributed by atoms with Crippen LogP contribution in [0.15, 0.2) is 65.1 Å². The van der Waals surface area contributed by atoms with Crippen LogP contribution in [-0.4, -0.2) is 4.98 Å². The van der Waals surface area contributed by atoms with Gasteiger partial charge in [-0.1, -0.05) is 48.0 Å². The third kappa shape index (κ3) is 2.50. The quantitative estimate of drug-likeness (QED) is 0.448. The molecule has 118 valence electrons. The van der Waals surface area contributed by atoms with Crippen molar-refractivity contribution in [3.05, 3.63) is 77.4 Å². The summed E-state index contributed by atoms with van der Waals surface area (Å²) in [6.45, 7) is 6.38. The number of rotatable bonds is 2. The van der Waals surface area contributed by atoms with Gasteiger partial charge in [0.15, 0.2) is 5.58 Å². The van der Waals surface area contributed by atoms with Crippen molar-refractivity contribution < 1.29 is 4.42 Å². The molecule has 24 heavy (non-hydrogen) atoms. The van der Waals surface area contributed by atoms with E-state index in [9.17, 15) is 0 Å². The minimum absolute atomic E-state index is 0.823. The van der Waals surface area contributed by atoms with Crippen LogP contribution < -0.4 is 0 Å². The maximum atomic E-state index is 6.08. The summed E-state index contributed by atoms with van der Waals surface area (Å²) in [4.78, 5) is 4.77. The van der Waals surface area contributed by atoms with E-state index in [0.29, 0.717) is 0 Å². The van der Waals surface area contributed by atoms with Gasteiger partial charge in [-0.15, -0.1) is 0 Å². The number of aryl methyl sites for hydroxylation is 3. The Morgan fingerprint density at radius 1 is 0.792 bits per heavy atom. The van der Waals surface area contributed by atoms with Gasteiger partial charge in [0, 0.05) is 17.2 Å². The zero-order valence-electron chi connectivity index (χ0n) is 14.1. The average molecular weight is 313 g/mol. The summed E-state index contributed by atoms with van der Waals surface area (Å²) in [7, 11) is 0. The zero-order chi connectivity index (χ0) is 16.7. The van der Waals surface area contributed by atoms with E-state index >= 15 is 0 Å². The molecule has 2 nitrogen and oxygen atoms in total. The lowest BCUT2D eigenvalue weighted by molar-refractivity contribution is 0.630. The summed E-state index contributed by atoms with van der Waals surface area (Å²) in [6, 6.07) is 20.7. The van der Waals surface area contributed by atoms with Crippen LogP contribution in [-0.2, 0) is 0 Å². The zero-order valence-corrected chi connectivity index (χ0v) is 14.1. The monoisotopic (exact) mass is 313 g/mol. The van der Waals surface area contributed by atoms with Crippen LogP contribution in [0.2, 0.25) is 0 Å². The normalized spacial score (nSPS) is 11.1. The fourth-order valence-electron chi connectivity index (χ4n) is 3.39. The van der Waals surface area contributed by atoms with Crippen LogP contribution in [0.25, 0.3) is 33.7 Å². The Hall–Kier alpha value is -2.87. The molecule has 2 heteroatoms. The fraction of sp³-hybridized carbons (Fsp3) is 0.136. The molecule has 0 bridgehead atoms. The average Bonchev–Trinajstić information content (AvgIpc) is 2.97. The van der Waals surface area contributed by atoms with Gasteiger partial charge in [0.05, 0.1) is 5.69 Å². The second kappa shape index (κ2) is 5.64. The van der Waals surface area contributed by atoms with E-state index in [1.807, 2.05) is 36.4 Å². The molecule has 4 rings (SSSR count). The van der Waals surface area contributed by atoms with Gasteiger partial charge in [-0.05, 0) is 44.0 Å². The highest BCUT2D eigenvalue weighted by Crippen LogP contribution is 2.33. The van der Waals surface area contributed by atoms with Gasteiger partial charge >= 0.3 is 0 Å². The predicted molar refractivity (Wildman–Crippen MR) is 99.1 cm³/mol. The van der Waals surface area contributed by atoms with Gasteiger partial charge < -0.3 is 4.42 Å². The minimum atomic E-state index is 0.823. The number of aromatic nitrogens is 1. The van der Waals surface area contributed by atoms with Gasteiger partial charge in [-0.25, -0.2) is 4.98 Å². The van der Waals surface area contributed by atoms with E-state index in [0.717, 1.165) is 28.1 Å². The van der Waals surface area contributed by atoms with Gasteiger partial charge in [0.2, 0.25) is 0 Å². The van der Waals surface area contributed by atoms with E-state index in [4.69, 9.17) is 9.40 Å². The molecule has 0 aliphatic rings. The van der Waals surface area contributed by atoms with E-state index in [2.05, 4.69) is 45.0 Å². The molecule has 2 aromatic heterocycles. The second-order valence-electron chi connectivity index (χ2n) is 6.33. The highest BCUT2D eigenvalue weighted by molar-refractivity contribution is 5.83. The lowest BCUT2D eigenvalue weighted by Gasteiger charge is -2.08. The Labute approximate surface area is 141 Å². The van der Waals surface area contributed by atoms with Gasteiger partial charge in [0.25, 0.3) is 0 Å². The van der Waals surface area contributed by atoms with Crippen molar-refractivity contribution >= 4 is 11.1 Å². The molecule has 2 heterocycles. The lowest BCUT2D eigenvalue weighted by atomic mass is 9.98. The molecule has 2 aromatic carbocycles. The molecule has 0 radical (unpaired) electrons.